The molecule has 0 amide bonds. The van der Waals surface area contributed by atoms with E-state index in [1.165, 1.54) is 14.2 Å². The minimum absolute atomic E-state index is 0. The van der Waals surface area contributed by atoms with Gasteiger partial charge >= 0.3 is 29.6 Å². The van der Waals surface area contributed by atoms with Crippen LogP contribution in [-0.4, -0.2) is 26.5 Å². The van der Waals surface area contributed by atoms with E-state index in [0.29, 0.717) is 0 Å². The first-order valence-corrected chi connectivity index (χ1v) is 1.98. The zero-order valence-electron chi connectivity index (χ0n) is 5.71. The van der Waals surface area contributed by atoms with Crippen molar-refractivity contribution in [1.82, 2.24) is 0 Å². The van der Waals surface area contributed by atoms with Crippen LogP contribution < -0.4 is 34.7 Å². The standard InChI is InChI=1S/C4H8O4.Na/c1-7-4(8-2)3(5)6;/h4H,1-2H3,(H,5,6);/q;+1/p-1. The van der Waals surface area contributed by atoms with Crippen molar-refractivity contribution in [2.75, 3.05) is 14.2 Å². The normalized spacial score (nSPS) is 8.78. The molecule has 0 bridgehead atoms. The van der Waals surface area contributed by atoms with Crippen LogP contribution in [-0.2, 0) is 14.3 Å². The molecule has 0 N–H and O–H groups in total. The molecule has 48 valence electrons. The molecule has 0 aromatic rings. The molecule has 0 unspecified atom stereocenters. The van der Waals surface area contributed by atoms with E-state index in [0.717, 1.165) is 0 Å². The van der Waals surface area contributed by atoms with Gasteiger partial charge < -0.3 is 19.4 Å². The Morgan fingerprint density at radius 3 is 1.78 bits per heavy atom. The average Bonchev–Trinajstić information content (AvgIpc) is 1.69. The Balaban J connectivity index is 0. The predicted octanol–water partition coefficient (Wildman–Crippen LogP) is -4.64. The summed E-state index contributed by atoms with van der Waals surface area (Å²) in [6.07, 6.45) is -1.24. The summed E-state index contributed by atoms with van der Waals surface area (Å²) in [5.41, 5.74) is 0. The molecule has 0 aromatic carbocycles. The van der Waals surface area contributed by atoms with E-state index in [4.69, 9.17) is 0 Å². The van der Waals surface area contributed by atoms with Crippen LogP contribution in [0.25, 0.3) is 0 Å². The summed E-state index contributed by atoms with van der Waals surface area (Å²) >= 11 is 0. The molecule has 0 aliphatic carbocycles. The Morgan fingerprint density at radius 2 is 1.78 bits per heavy atom. The van der Waals surface area contributed by atoms with Gasteiger partial charge in [0.15, 0.2) is 6.29 Å². The Hall–Kier alpha value is 0.390. The molecule has 0 aromatic heterocycles. The summed E-state index contributed by atoms with van der Waals surface area (Å²) in [4.78, 5) is 9.80. The van der Waals surface area contributed by atoms with Gasteiger partial charge in [0, 0.05) is 14.2 Å². The molecular formula is C4H7NaO4. The Kier molecular flexibility index (Phi) is 8.75. The van der Waals surface area contributed by atoms with E-state index in [-0.39, 0.29) is 29.6 Å². The van der Waals surface area contributed by atoms with Gasteiger partial charge in [-0.15, -0.1) is 0 Å². The first-order chi connectivity index (χ1) is 3.72. The van der Waals surface area contributed by atoms with Crippen molar-refractivity contribution < 1.29 is 48.9 Å². The summed E-state index contributed by atoms with van der Waals surface area (Å²) in [5.74, 6) is -1.37. The minimum Gasteiger partial charge on any atom is -0.545 e. The van der Waals surface area contributed by atoms with Gasteiger partial charge in [0.25, 0.3) is 0 Å². The van der Waals surface area contributed by atoms with Gasteiger partial charge in [-0.05, 0) is 0 Å². The maximum Gasteiger partial charge on any atom is 1.00 e. The number of hydrogen-bond acceptors (Lipinski definition) is 4. The molecule has 0 fully saturated rings. The van der Waals surface area contributed by atoms with E-state index in [1.807, 2.05) is 0 Å². The molecule has 5 heteroatoms. The summed E-state index contributed by atoms with van der Waals surface area (Å²) < 4.78 is 8.55. The van der Waals surface area contributed by atoms with Crippen LogP contribution in [0, 0.1) is 0 Å². The van der Waals surface area contributed by atoms with E-state index in [2.05, 4.69) is 9.47 Å². The van der Waals surface area contributed by atoms with Crippen LogP contribution >= 0.6 is 0 Å². The number of methoxy groups -OCH3 is 2. The van der Waals surface area contributed by atoms with Gasteiger partial charge in [-0.1, -0.05) is 0 Å². The molecule has 9 heavy (non-hydrogen) atoms. The van der Waals surface area contributed by atoms with Gasteiger partial charge in [0.05, 0.1) is 5.97 Å². The molecule has 0 atom stereocenters. The fraction of sp³-hybridized carbons (Fsp3) is 0.750. The largest absolute Gasteiger partial charge is 1.00 e. The van der Waals surface area contributed by atoms with Crippen molar-refractivity contribution in [2.45, 2.75) is 6.29 Å². The minimum atomic E-state index is -1.37. The number of hydrogen-bond donors (Lipinski definition) is 0. The van der Waals surface area contributed by atoms with Crippen LogP contribution in [0.5, 0.6) is 0 Å². The van der Waals surface area contributed by atoms with Crippen LogP contribution in [0.2, 0.25) is 0 Å². The number of carbonyl (C=O) groups excluding carboxylic acids is 1. The smallest absolute Gasteiger partial charge is 0.545 e. The maximum absolute atomic E-state index is 9.80. The van der Waals surface area contributed by atoms with E-state index >= 15 is 0 Å². The Morgan fingerprint density at radius 1 is 1.44 bits per heavy atom. The fourth-order valence-electron chi connectivity index (χ4n) is 0.289. The number of carbonyl (C=O) groups is 1. The first-order valence-electron chi connectivity index (χ1n) is 1.98. The van der Waals surface area contributed by atoms with Crippen molar-refractivity contribution in [3.8, 4) is 0 Å². The van der Waals surface area contributed by atoms with Gasteiger partial charge in [0.2, 0.25) is 0 Å². The maximum atomic E-state index is 9.80. The second-order valence-electron chi connectivity index (χ2n) is 1.12. The Labute approximate surface area is 75.4 Å². The van der Waals surface area contributed by atoms with E-state index in [9.17, 15) is 9.90 Å². The quantitative estimate of drug-likeness (QED) is 0.294. The predicted molar refractivity (Wildman–Crippen MR) is 22.8 cm³/mol. The van der Waals surface area contributed by atoms with Crippen LogP contribution in [0.4, 0.5) is 0 Å². The summed E-state index contributed by atoms with van der Waals surface area (Å²) in [6, 6.07) is 0. The molecule has 0 heterocycles. The van der Waals surface area contributed by atoms with Crippen molar-refractivity contribution in [1.29, 1.82) is 0 Å². The fourth-order valence-corrected chi connectivity index (χ4v) is 0.289. The third-order valence-corrected chi connectivity index (χ3v) is 0.621. The number of carboxylic acid groups (broad SMARTS) is 1. The number of carboxylic acids is 1. The average molecular weight is 142 g/mol. The summed E-state index contributed by atoms with van der Waals surface area (Å²) in [6.45, 7) is 0. The molecule has 0 radical (unpaired) electrons. The zero-order chi connectivity index (χ0) is 6.57. The monoisotopic (exact) mass is 142 g/mol. The van der Waals surface area contributed by atoms with Gasteiger partial charge in [-0.2, -0.15) is 0 Å². The first kappa shape index (κ1) is 12.1. The molecule has 4 nitrogen and oxygen atoms in total. The molecule has 0 aliphatic rings. The SMILES string of the molecule is COC(OC)C(=O)[O-].[Na+]. The number of rotatable bonds is 3. The second-order valence-corrected chi connectivity index (χ2v) is 1.12. The van der Waals surface area contributed by atoms with Gasteiger partial charge in [-0.3, -0.25) is 0 Å². The topological polar surface area (TPSA) is 58.6 Å². The van der Waals surface area contributed by atoms with E-state index in [1.54, 1.807) is 0 Å². The van der Waals surface area contributed by atoms with Gasteiger partial charge in [-0.25, -0.2) is 0 Å². The second kappa shape index (κ2) is 6.51. The molecular weight excluding hydrogens is 135 g/mol. The molecule has 0 saturated heterocycles. The van der Waals surface area contributed by atoms with Gasteiger partial charge in [0.1, 0.15) is 0 Å². The van der Waals surface area contributed by atoms with Crippen molar-refractivity contribution in [3.05, 3.63) is 0 Å². The zero-order valence-corrected chi connectivity index (χ0v) is 7.71. The van der Waals surface area contributed by atoms with Crippen molar-refractivity contribution in [2.24, 2.45) is 0 Å². The molecule has 0 aliphatic heterocycles. The van der Waals surface area contributed by atoms with Crippen LogP contribution in [0.15, 0.2) is 0 Å². The van der Waals surface area contributed by atoms with Crippen LogP contribution in [0.3, 0.4) is 0 Å². The molecule has 0 rings (SSSR count). The number of ether oxygens (including phenoxy) is 2. The van der Waals surface area contributed by atoms with Crippen molar-refractivity contribution >= 4 is 5.97 Å². The number of aliphatic carboxylic acids is 1. The Bertz CT molecular complexity index is 80.6. The third-order valence-electron chi connectivity index (χ3n) is 0.621. The van der Waals surface area contributed by atoms with Crippen LogP contribution in [0.1, 0.15) is 0 Å². The summed E-state index contributed by atoms with van der Waals surface area (Å²) in [5, 5.41) is 9.80. The third kappa shape index (κ3) is 4.87. The summed E-state index contributed by atoms with van der Waals surface area (Å²) in [7, 11) is 2.45. The van der Waals surface area contributed by atoms with E-state index < -0.39 is 12.3 Å². The van der Waals surface area contributed by atoms with Crippen molar-refractivity contribution in [3.63, 3.8) is 0 Å². The molecule has 0 saturated carbocycles. The molecule has 0 spiro atoms.